The molecule has 0 saturated carbocycles. The molecule has 22 heavy (non-hydrogen) atoms. The van der Waals surface area contributed by atoms with Crippen molar-refractivity contribution in [2.24, 2.45) is 0 Å². The number of carbonyl (C=O) groups is 2. The zero-order valence-electron chi connectivity index (χ0n) is 12.9. The number of halogens is 1. The fourth-order valence-corrected chi connectivity index (χ4v) is 2.96. The minimum absolute atomic E-state index is 0.0793. The molecule has 1 saturated heterocycles. The zero-order chi connectivity index (χ0) is 16.1. The maximum atomic E-state index is 12.6. The lowest BCUT2D eigenvalue weighted by atomic mass is 10.0. The van der Waals surface area contributed by atoms with Gasteiger partial charge >= 0.3 is 0 Å². The number of nitrogens with one attached hydrogen (secondary N) is 2. The van der Waals surface area contributed by atoms with E-state index in [0.717, 1.165) is 23.1 Å². The first-order valence-electron chi connectivity index (χ1n) is 7.50. The van der Waals surface area contributed by atoms with Crippen molar-refractivity contribution in [2.45, 2.75) is 32.4 Å². The molecule has 0 unspecified atom stereocenters. The molecular weight excluding hydrogens is 346 g/mol. The van der Waals surface area contributed by atoms with E-state index in [-0.39, 0.29) is 30.3 Å². The van der Waals surface area contributed by atoms with Crippen molar-refractivity contribution in [3.63, 3.8) is 0 Å². The molecule has 1 aliphatic heterocycles. The first-order chi connectivity index (χ1) is 10.5. The highest BCUT2D eigenvalue weighted by Gasteiger charge is 2.26. The van der Waals surface area contributed by atoms with Crippen LogP contribution in [0.4, 0.5) is 0 Å². The summed E-state index contributed by atoms with van der Waals surface area (Å²) in [5.41, 5.74) is 0.939. The number of carbonyl (C=O) groups excluding carboxylic acids is 2. The van der Waals surface area contributed by atoms with Crippen LogP contribution in [0, 0.1) is 0 Å². The lowest BCUT2D eigenvalue weighted by Crippen LogP contribution is -2.52. The third-order valence-corrected chi connectivity index (χ3v) is 4.38. The minimum Gasteiger partial charge on any atom is -0.349 e. The van der Waals surface area contributed by atoms with Crippen LogP contribution >= 0.6 is 15.9 Å². The van der Waals surface area contributed by atoms with Crippen molar-refractivity contribution < 1.29 is 9.59 Å². The van der Waals surface area contributed by atoms with Gasteiger partial charge in [-0.2, -0.15) is 0 Å². The van der Waals surface area contributed by atoms with Crippen molar-refractivity contribution in [2.75, 3.05) is 19.6 Å². The predicted molar refractivity (Wildman–Crippen MR) is 89.4 cm³/mol. The number of nitrogens with zero attached hydrogens (tertiary/aromatic N) is 1. The summed E-state index contributed by atoms with van der Waals surface area (Å²) < 4.78 is 0.972. The van der Waals surface area contributed by atoms with Gasteiger partial charge in [0.05, 0.1) is 12.5 Å². The fourth-order valence-electron chi connectivity index (χ4n) is 2.70. The summed E-state index contributed by atoms with van der Waals surface area (Å²) in [5.74, 6) is -0.0512. The van der Waals surface area contributed by atoms with Gasteiger partial charge in [0.2, 0.25) is 11.8 Å². The molecule has 1 heterocycles. The average molecular weight is 368 g/mol. The molecule has 1 aromatic carbocycles. The van der Waals surface area contributed by atoms with Crippen LogP contribution in [-0.4, -0.2) is 42.4 Å². The van der Waals surface area contributed by atoms with E-state index in [1.165, 1.54) is 6.92 Å². The first kappa shape index (κ1) is 17.0. The van der Waals surface area contributed by atoms with Crippen molar-refractivity contribution in [3.05, 3.63) is 34.3 Å². The highest BCUT2D eigenvalue weighted by molar-refractivity contribution is 9.10. The molecule has 2 atom stereocenters. The number of piperazine rings is 1. The van der Waals surface area contributed by atoms with E-state index in [4.69, 9.17) is 0 Å². The van der Waals surface area contributed by atoms with Gasteiger partial charge < -0.3 is 15.5 Å². The standard InChI is InChI=1S/C16H22BrN3O2/c1-11-10-18-7-8-20(11)16(22)9-15(19-12(2)21)13-3-5-14(17)6-4-13/h3-6,11,15,18H,7-10H2,1-2H3,(H,19,21)/t11-,15+/m0/s1. The maximum Gasteiger partial charge on any atom is 0.225 e. The SMILES string of the molecule is CC(=O)N[C@H](CC(=O)N1CCNC[C@@H]1C)c1ccc(Br)cc1. The predicted octanol–water partition coefficient (Wildman–Crippen LogP) is 1.84. The van der Waals surface area contributed by atoms with Gasteiger partial charge in [-0.1, -0.05) is 28.1 Å². The second-order valence-corrected chi connectivity index (χ2v) is 6.56. The number of benzene rings is 1. The normalized spacial score (nSPS) is 19.6. The van der Waals surface area contributed by atoms with Gasteiger partial charge in [-0.25, -0.2) is 0 Å². The Balaban J connectivity index is 2.10. The number of rotatable bonds is 4. The molecule has 0 aliphatic carbocycles. The lowest BCUT2D eigenvalue weighted by Gasteiger charge is -2.35. The highest BCUT2D eigenvalue weighted by atomic mass is 79.9. The molecule has 5 nitrogen and oxygen atoms in total. The van der Waals surface area contributed by atoms with Gasteiger partial charge in [-0.15, -0.1) is 0 Å². The molecule has 2 rings (SSSR count). The fraction of sp³-hybridized carbons (Fsp3) is 0.500. The van der Waals surface area contributed by atoms with E-state index in [1.807, 2.05) is 36.1 Å². The molecule has 6 heteroatoms. The number of amides is 2. The Morgan fingerprint density at radius 1 is 1.41 bits per heavy atom. The smallest absolute Gasteiger partial charge is 0.225 e. The summed E-state index contributed by atoms with van der Waals surface area (Å²) in [6, 6.07) is 7.59. The molecule has 1 fully saturated rings. The maximum absolute atomic E-state index is 12.6. The summed E-state index contributed by atoms with van der Waals surface area (Å²) in [6.45, 7) is 5.86. The summed E-state index contributed by atoms with van der Waals surface area (Å²) >= 11 is 3.40. The van der Waals surface area contributed by atoms with Gasteiger partial charge in [-0.3, -0.25) is 9.59 Å². The Morgan fingerprint density at radius 2 is 2.09 bits per heavy atom. The molecule has 1 aliphatic rings. The Morgan fingerprint density at radius 3 is 2.68 bits per heavy atom. The van der Waals surface area contributed by atoms with Crippen LogP contribution in [0.5, 0.6) is 0 Å². The van der Waals surface area contributed by atoms with Gasteiger partial charge in [0.1, 0.15) is 0 Å². The topological polar surface area (TPSA) is 61.4 Å². The van der Waals surface area contributed by atoms with Crippen molar-refractivity contribution >= 4 is 27.7 Å². The van der Waals surface area contributed by atoms with Crippen molar-refractivity contribution in [1.82, 2.24) is 15.5 Å². The van der Waals surface area contributed by atoms with Crippen molar-refractivity contribution in [3.8, 4) is 0 Å². The van der Waals surface area contributed by atoms with E-state index < -0.39 is 0 Å². The Hall–Kier alpha value is -1.40. The van der Waals surface area contributed by atoms with Crippen LogP contribution < -0.4 is 10.6 Å². The largest absolute Gasteiger partial charge is 0.349 e. The Bertz CT molecular complexity index is 533. The van der Waals surface area contributed by atoms with E-state index in [9.17, 15) is 9.59 Å². The summed E-state index contributed by atoms with van der Waals surface area (Å²) in [6.07, 6.45) is 0.283. The molecule has 2 N–H and O–H groups in total. The molecule has 2 amide bonds. The van der Waals surface area contributed by atoms with Gasteiger partial charge in [0, 0.05) is 37.1 Å². The lowest BCUT2D eigenvalue weighted by molar-refractivity contribution is -0.134. The highest BCUT2D eigenvalue weighted by Crippen LogP contribution is 2.21. The molecule has 1 aromatic rings. The van der Waals surface area contributed by atoms with Crippen LogP contribution in [0.2, 0.25) is 0 Å². The van der Waals surface area contributed by atoms with Gasteiger partial charge in [-0.05, 0) is 24.6 Å². The van der Waals surface area contributed by atoms with Crippen LogP contribution in [0.3, 0.4) is 0 Å². The second kappa shape index (κ2) is 7.74. The average Bonchev–Trinajstić information content (AvgIpc) is 2.47. The third kappa shape index (κ3) is 4.55. The second-order valence-electron chi connectivity index (χ2n) is 5.65. The van der Waals surface area contributed by atoms with Crippen LogP contribution in [-0.2, 0) is 9.59 Å². The summed E-state index contributed by atoms with van der Waals surface area (Å²) in [4.78, 5) is 25.9. The molecule has 0 spiro atoms. The quantitative estimate of drug-likeness (QED) is 0.853. The Kier molecular flexibility index (Phi) is 5.97. The molecule has 120 valence electrons. The van der Waals surface area contributed by atoms with Crippen molar-refractivity contribution in [1.29, 1.82) is 0 Å². The van der Waals surface area contributed by atoms with E-state index in [0.29, 0.717) is 6.54 Å². The van der Waals surface area contributed by atoms with E-state index >= 15 is 0 Å². The minimum atomic E-state index is -0.291. The third-order valence-electron chi connectivity index (χ3n) is 3.85. The summed E-state index contributed by atoms with van der Waals surface area (Å²) in [5, 5.41) is 6.16. The number of hydrogen-bond donors (Lipinski definition) is 2. The monoisotopic (exact) mass is 367 g/mol. The van der Waals surface area contributed by atoms with E-state index in [1.54, 1.807) is 0 Å². The Labute approximate surface area is 139 Å². The van der Waals surface area contributed by atoms with Gasteiger partial charge in [0.15, 0.2) is 0 Å². The number of hydrogen-bond acceptors (Lipinski definition) is 3. The van der Waals surface area contributed by atoms with Crippen LogP contribution in [0.1, 0.15) is 31.9 Å². The molecule has 0 aromatic heterocycles. The van der Waals surface area contributed by atoms with E-state index in [2.05, 4.69) is 26.6 Å². The van der Waals surface area contributed by atoms with Crippen LogP contribution in [0.25, 0.3) is 0 Å². The zero-order valence-corrected chi connectivity index (χ0v) is 14.5. The molecule has 0 radical (unpaired) electrons. The summed E-state index contributed by atoms with van der Waals surface area (Å²) in [7, 11) is 0. The molecule has 0 bridgehead atoms. The first-order valence-corrected chi connectivity index (χ1v) is 8.29. The van der Waals surface area contributed by atoms with Crippen LogP contribution in [0.15, 0.2) is 28.7 Å². The van der Waals surface area contributed by atoms with Gasteiger partial charge in [0.25, 0.3) is 0 Å². The molecular formula is C16H22BrN3O2.